The fraction of sp³-hybridized carbons (Fsp3) is 0.312. The van der Waals surface area contributed by atoms with Crippen molar-refractivity contribution in [1.29, 1.82) is 0 Å². The van der Waals surface area contributed by atoms with E-state index in [2.05, 4.69) is 4.74 Å². The molecule has 0 aliphatic rings. The topological polar surface area (TPSA) is 60.4 Å². The molecule has 21 heavy (non-hydrogen) atoms. The molecule has 2 aromatic rings. The lowest BCUT2D eigenvalue weighted by Crippen LogP contribution is -2.23. The number of hydrogen-bond donors (Lipinski definition) is 0. The third kappa shape index (κ3) is 3.82. The average molecular weight is 306 g/mol. The van der Waals surface area contributed by atoms with Gasteiger partial charge in [-0.15, -0.1) is 0 Å². The number of esters is 1. The van der Waals surface area contributed by atoms with E-state index in [0.717, 1.165) is 16.3 Å². The molecular formula is C16H18O4S. The van der Waals surface area contributed by atoms with Gasteiger partial charge in [0, 0.05) is 0 Å². The van der Waals surface area contributed by atoms with Crippen LogP contribution in [-0.2, 0) is 25.1 Å². The predicted molar refractivity (Wildman–Crippen MR) is 82.6 cm³/mol. The molecule has 112 valence electrons. The molecule has 0 aromatic heterocycles. The maximum Gasteiger partial charge on any atom is 0.309 e. The van der Waals surface area contributed by atoms with E-state index < -0.39 is 21.7 Å². The van der Waals surface area contributed by atoms with Crippen LogP contribution in [0.25, 0.3) is 10.8 Å². The largest absolute Gasteiger partial charge is 0.469 e. The van der Waals surface area contributed by atoms with E-state index in [4.69, 9.17) is 0 Å². The summed E-state index contributed by atoms with van der Waals surface area (Å²) in [4.78, 5) is 11.4. The van der Waals surface area contributed by atoms with E-state index in [1.807, 2.05) is 42.5 Å². The van der Waals surface area contributed by atoms with Gasteiger partial charge < -0.3 is 4.74 Å². The first-order valence-electron chi connectivity index (χ1n) is 6.68. The zero-order chi connectivity index (χ0) is 15.5. The number of carbonyl (C=O) groups is 1. The van der Waals surface area contributed by atoms with Crippen molar-refractivity contribution < 1.29 is 17.9 Å². The maximum atomic E-state index is 12.3. The van der Waals surface area contributed by atoms with Crippen molar-refractivity contribution in [1.82, 2.24) is 0 Å². The van der Waals surface area contributed by atoms with Crippen molar-refractivity contribution in [2.75, 3.05) is 12.9 Å². The Kier molecular flexibility index (Phi) is 4.63. The van der Waals surface area contributed by atoms with Crippen molar-refractivity contribution >= 4 is 26.6 Å². The molecule has 5 heteroatoms. The van der Waals surface area contributed by atoms with Crippen LogP contribution in [0.4, 0.5) is 0 Å². The predicted octanol–water partition coefficient (Wildman–Crippen LogP) is 2.56. The van der Waals surface area contributed by atoms with Crippen LogP contribution in [0.3, 0.4) is 0 Å². The molecule has 0 bridgehead atoms. The van der Waals surface area contributed by atoms with E-state index in [0.29, 0.717) is 0 Å². The van der Waals surface area contributed by atoms with Gasteiger partial charge >= 0.3 is 5.97 Å². The van der Waals surface area contributed by atoms with E-state index in [1.54, 1.807) is 6.92 Å². The zero-order valence-electron chi connectivity index (χ0n) is 12.1. The van der Waals surface area contributed by atoms with Crippen LogP contribution in [0.5, 0.6) is 0 Å². The van der Waals surface area contributed by atoms with Gasteiger partial charge in [0.15, 0.2) is 9.84 Å². The summed E-state index contributed by atoms with van der Waals surface area (Å²) >= 11 is 0. The molecule has 2 rings (SSSR count). The van der Waals surface area contributed by atoms with E-state index in [9.17, 15) is 13.2 Å². The average Bonchev–Trinajstić information content (AvgIpc) is 2.46. The Morgan fingerprint density at radius 2 is 1.81 bits per heavy atom. The summed E-state index contributed by atoms with van der Waals surface area (Å²) in [5.41, 5.74) is 0.755. The molecule has 2 aromatic carbocycles. The normalized spacial score (nSPS) is 13.0. The molecule has 0 fully saturated rings. The SMILES string of the molecule is COC(=O)C(C)CS(=O)(=O)Cc1cccc2ccccc12. The monoisotopic (exact) mass is 306 g/mol. The second-order valence-corrected chi connectivity index (χ2v) is 7.23. The minimum Gasteiger partial charge on any atom is -0.469 e. The fourth-order valence-corrected chi connectivity index (χ4v) is 4.11. The van der Waals surface area contributed by atoms with Crippen LogP contribution in [0, 0.1) is 5.92 Å². The lowest BCUT2D eigenvalue weighted by atomic mass is 10.1. The number of carbonyl (C=O) groups excluding carboxylic acids is 1. The van der Waals surface area contributed by atoms with Gasteiger partial charge in [0.1, 0.15) is 0 Å². The van der Waals surface area contributed by atoms with Crippen LogP contribution in [0.15, 0.2) is 42.5 Å². The molecule has 0 amide bonds. The summed E-state index contributed by atoms with van der Waals surface area (Å²) in [6.45, 7) is 1.56. The number of sulfone groups is 1. The molecule has 0 heterocycles. The molecular weight excluding hydrogens is 288 g/mol. The molecule has 0 spiro atoms. The summed E-state index contributed by atoms with van der Waals surface area (Å²) in [5.74, 6) is -1.44. The number of methoxy groups -OCH3 is 1. The van der Waals surface area contributed by atoms with Gasteiger partial charge in [0.25, 0.3) is 0 Å². The molecule has 0 N–H and O–H groups in total. The summed E-state index contributed by atoms with van der Waals surface area (Å²) in [6, 6.07) is 13.3. The number of fused-ring (bicyclic) bond motifs is 1. The van der Waals surface area contributed by atoms with Crippen molar-refractivity contribution in [3.8, 4) is 0 Å². The first-order valence-corrected chi connectivity index (χ1v) is 8.50. The highest BCUT2D eigenvalue weighted by Crippen LogP contribution is 2.21. The maximum absolute atomic E-state index is 12.3. The number of hydrogen-bond acceptors (Lipinski definition) is 4. The molecule has 4 nitrogen and oxygen atoms in total. The molecule has 1 atom stereocenters. The lowest BCUT2D eigenvalue weighted by molar-refractivity contribution is -0.144. The van der Waals surface area contributed by atoms with Gasteiger partial charge in [0.2, 0.25) is 0 Å². The minimum absolute atomic E-state index is 0.0737. The second kappa shape index (κ2) is 6.26. The van der Waals surface area contributed by atoms with Gasteiger partial charge in [-0.2, -0.15) is 0 Å². The van der Waals surface area contributed by atoms with Crippen molar-refractivity contribution in [3.63, 3.8) is 0 Å². The number of rotatable bonds is 5. The van der Waals surface area contributed by atoms with Crippen molar-refractivity contribution in [2.24, 2.45) is 5.92 Å². The van der Waals surface area contributed by atoms with Crippen molar-refractivity contribution in [3.05, 3.63) is 48.0 Å². The zero-order valence-corrected chi connectivity index (χ0v) is 12.9. The smallest absolute Gasteiger partial charge is 0.309 e. The third-order valence-electron chi connectivity index (χ3n) is 3.36. The Balaban J connectivity index is 2.25. The van der Waals surface area contributed by atoms with Gasteiger partial charge in [-0.25, -0.2) is 8.42 Å². The number of benzene rings is 2. The molecule has 0 aliphatic carbocycles. The van der Waals surface area contributed by atoms with Crippen LogP contribution in [0.1, 0.15) is 12.5 Å². The van der Waals surface area contributed by atoms with Crippen LogP contribution < -0.4 is 0 Å². The van der Waals surface area contributed by atoms with Gasteiger partial charge in [-0.3, -0.25) is 4.79 Å². The molecule has 0 radical (unpaired) electrons. The van der Waals surface area contributed by atoms with Gasteiger partial charge in [-0.05, 0) is 16.3 Å². The van der Waals surface area contributed by atoms with Crippen LogP contribution >= 0.6 is 0 Å². The van der Waals surface area contributed by atoms with E-state index in [-0.39, 0.29) is 11.5 Å². The Hall–Kier alpha value is -1.88. The highest BCUT2D eigenvalue weighted by atomic mass is 32.2. The summed E-state index contributed by atoms with van der Waals surface area (Å²) in [5, 5.41) is 1.93. The summed E-state index contributed by atoms with van der Waals surface area (Å²) < 4.78 is 29.1. The quantitative estimate of drug-likeness (QED) is 0.797. The van der Waals surface area contributed by atoms with Crippen LogP contribution in [-0.4, -0.2) is 27.2 Å². The number of ether oxygens (including phenoxy) is 1. The second-order valence-electron chi connectivity index (χ2n) is 5.12. The fourth-order valence-electron chi connectivity index (χ4n) is 2.36. The van der Waals surface area contributed by atoms with Crippen molar-refractivity contribution in [2.45, 2.75) is 12.7 Å². The van der Waals surface area contributed by atoms with E-state index >= 15 is 0 Å². The van der Waals surface area contributed by atoms with Gasteiger partial charge in [0.05, 0.1) is 24.5 Å². The molecule has 0 saturated carbocycles. The van der Waals surface area contributed by atoms with Gasteiger partial charge in [-0.1, -0.05) is 49.4 Å². The Morgan fingerprint density at radius 1 is 1.14 bits per heavy atom. The molecule has 0 saturated heterocycles. The van der Waals surface area contributed by atoms with E-state index in [1.165, 1.54) is 7.11 Å². The third-order valence-corrected chi connectivity index (χ3v) is 5.12. The summed E-state index contributed by atoms with van der Waals surface area (Å²) in [6.07, 6.45) is 0. The Bertz CT molecular complexity index is 744. The first-order chi connectivity index (χ1) is 9.93. The van der Waals surface area contributed by atoms with Crippen LogP contribution in [0.2, 0.25) is 0 Å². The Morgan fingerprint density at radius 3 is 2.52 bits per heavy atom. The lowest BCUT2D eigenvalue weighted by Gasteiger charge is -2.11. The summed E-state index contributed by atoms with van der Waals surface area (Å²) in [7, 11) is -2.12. The Labute approximate surface area is 124 Å². The highest BCUT2D eigenvalue weighted by Gasteiger charge is 2.23. The first kappa shape index (κ1) is 15.5. The highest BCUT2D eigenvalue weighted by molar-refractivity contribution is 7.90. The standard InChI is InChI=1S/C16H18O4S/c1-12(16(17)20-2)10-21(18,19)11-14-8-5-7-13-6-3-4-9-15(13)14/h3-9,12H,10-11H2,1-2H3. The molecule has 0 aliphatic heterocycles. The minimum atomic E-state index is -3.38. The molecule has 1 unspecified atom stereocenters.